The Morgan fingerprint density at radius 3 is 3.00 bits per heavy atom. The minimum atomic E-state index is 0.386. The first-order chi connectivity index (χ1) is 7.20. The molecule has 0 aliphatic carbocycles. The van der Waals surface area contributed by atoms with Gasteiger partial charge in [-0.05, 0) is 14.0 Å². The molecule has 0 fully saturated rings. The zero-order chi connectivity index (χ0) is 10.8. The minimum Gasteiger partial charge on any atom is -0.383 e. The predicted octanol–water partition coefficient (Wildman–Crippen LogP) is 0.956. The van der Waals surface area contributed by atoms with Crippen molar-refractivity contribution < 1.29 is 0 Å². The van der Waals surface area contributed by atoms with Gasteiger partial charge in [0.15, 0.2) is 0 Å². The van der Waals surface area contributed by atoms with Gasteiger partial charge in [-0.15, -0.1) is 0 Å². The van der Waals surface area contributed by atoms with Crippen molar-refractivity contribution in [2.75, 3.05) is 12.8 Å². The number of nitrogens with two attached hydrogens (primary N) is 1. The van der Waals surface area contributed by atoms with Crippen LogP contribution < -0.4 is 11.1 Å². The summed E-state index contributed by atoms with van der Waals surface area (Å²) in [5.41, 5.74) is 8.18. The number of nitrogens with one attached hydrogen (secondary N) is 1. The molecule has 1 unspecified atom stereocenters. The summed E-state index contributed by atoms with van der Waals surface area (Å²) in [6, 6.07) is 0.386. The van der Waals surface area contributed by atoms with Crippen molar-refractivity contribution in [1.29, 1.82) is 0 Å². The number of anilines is 1. The number of nitrogen functional groups attached to an aromatic ring is 1. The molecule has 0 saturated carbocycles. The minimum absolute atomic E-state index is 0.386. The zero-order valence-corrected chi connectivity index (χ0v) is 9.90. The smallest absolute Gasteiger partial charge is 0.132 e. The lowest BCUT2D eigenvalue weighted by atomic mass is 10.2. The van der Waals surface area contributed by atoms with Crippen LogP contribution in [0.3, 0.4) is 0 Å². The van der Waals surface area contributed by atoms with E-state index in [-0.39, 0.29) is 0 Å². The first kappa shape index (κ1) is 10.7. The van der Waals surface area contributed by atoms with Crippen molar-refractivity contribution in [2.24, 2.45) is 0 Å². The Kier molecular flexibility index (Phi) is 3.11. The molecule has 1 atom stereocenters. The number of aromatic nitrogens is 2. The largest absolute Gasteiger partial charge is 0.383 e. The van der Waals surface area contributed by atoms with Gasteiger partial charge in [-0.3, -0.25) is 0 Å². The third-order valence-corrected chi connectivity index (χ3v) is 3.61. The van der Waals surface area contributed by atoms with Gasteiger partial charge in [-0.1, -0.05) is 0 Å². The summed E-state index contributed by atoms with van der Waals surface area (Å²) in [5.74, 6) is 3.46. The average Bonchev–Trinajstić information content (AvgIpc) is 2.66. The van der Waals surface area contributed by atoms with Gasteiger partial charge in [0, 0.05) is 29.5 Å². The van der Waals surface area contributed by atoms with Gasteiger partial charge in [-0.25, -0.2) is 9.97 Å². The van der Waals surface area contributed by atoms with Crippen molar-refractivity contribution in [2.45, 2.75) is 30.9 Å². The first-order valence-electron chi connectivity index (χ1n) is 5.10. The molecule has 1 aliphatic heterocycles. The van der Waals surface area contributed by atoms with Crippen LogP contribution in [0.2, 0.25) is 0 Å². The van der Waals surface area contributed by atoms with Crippen molar-refractivity contribution in [1.82, 2.24) is 15.3 Å². The maximum Gasteiger partial charge on any atom is 0.132 e. The third kappa shape index (κ3) is 2.23. The van der Waals surface area contributed by atoms with E-state index >= 15 is 0 Å². The Morgan fingerprint density at radius 1 is 1.47 bits per heavy atom. The fourth-order valence-electron chi connectivity index (χ4n) is 1.60. The van der Waals surface area contributed by atoms with Crippen molar-refractivity contribution in [3.05, 3.63) is 17.1 Å². The Hall–Kier alpha value is -0.810. The highest BCUT2D eigenvalue weighted by Gasteiger charge is 2.18. The summed E-state index contributed by atoms with van der Waals surface area (Å²) in [6.45, 7) is 2.11. The third-order valence-electron chi connectivity index (χ3n) is 2.64. The molecule has 2 heterocycles. The molecule has 1 aromatic heterocycles. The molecule has 0 amide bonds. The number of hydrogen-bond donors (Lipinski definition) is 2. The maximum absolute atomic E-state index is 5.91. The second kappa shape index (κ2) is 4.37. The van der Waals surface area contributed by atoms with Gasteiger partial charge in [0.1, 0.15) is 11.6 Å². The summed E-state index contributed by atoms with van der Waals surface area (Å²) >= 11 is 1.85. The fourth-order valence-corrected chi connectivity index (χ4v) is 2.65. The van der Waals surface area contributed by atoms with Crippen molar-refractivity contribution in [3.8, 4) is 0 Å². The molecule has 0 saturated heterocycles. The van der Waals surface area contributed by atoms with Crippen LogP contribution in [0.15, 0.2) is 0 Å². The van der Waals surface area contributed by atoms with Crippen LogP contribution in [0, 0.1) is 0 Å². The highest BCUT2D eigenvalue weighted by molar-refractivity contribution is 7.98. The molecule has 82 valence electrons. The van der Waals surface area contributed by atoms with Crippen LogP contribution in [0.5, 0.6) is 0 Å². The van der Waals surface area contributed by atoms with E-state index in [2.05, 4.69) is 22.2 Å². The van der Waals surface area contributed by atoms with Crippen LogP contribution in [-0.4, -0.2) is 23.1 Å². The second-order valence-corrected chi connectivity index (χ2v) is 4.82. The molecule has 0 radical (unpaired) electrons. The van der Waals surface area contributed by atoms with Crippen molar-refractivity contribution in [3.63, 3.8) is 0 Å². The van der Waals surface area contributed by atoms with Gasteiger partial charge in [0.2, 0.25) is 0 Å². The molecular weight excluding hydrogens is 208 g/mol. The number of thioether (sulfide) groups is 1. The van der Waals surface area contributed by atoms with E-state index in [0.29, 0.717) is 11.9 Å². The fraction of sp³-hybridized carbons (Fsp3) is 0.600. The first-order valence-corrected chi connectivity index (χ1v) is 6.25. The molecule has 0 bridgehead atoms. The standard InChI is InChI=1S/C10H16N4S/c1-6(12-2)3-9-13-8-5-15-4-7(8)10(11)14-9/h6,12H,3-5H2,1-2H3,(H2,11,13,14). The quantitative estimate of drug-likeness (QED) is 0.800. The Balaban J connectivity index is 2.23. The van der Waals surface area contributed by atoms with E-state index in [9.17, 15) is 0 Å². The van der Waals surface area contributed by atoms with E-state index in [0.717, 1.165) is 35.0 Å². The van der Waals surface area contributed by atoms with Crippen LogP contribution in [0.4, 0.5) is 5.82 Å². The molecule has 4 nitrogen and oxygen atoms in total. The van der Waals surface area contributed by atoms with E-state index in [1.54, 1.807) is 0 Å². The van der Waals surface area contributed by atoms with Crippen molar-refractivity contribution >= 4 is 17.6 Å². The normalized spacial score (nSPS) is 16.4. The van der Waals surface area contributed by atoms with E-state index in [1.165, 1.54) is 0 Å². The van der Waals surface area contributed by atoms with Gasteiger partial charge in [-0.2, -0.15) is 11.8 Å². The second-order valence-electron chi connectivity index (χ2n) is 3.84. The van der Waals surface area contributed by atoms with Crippen LogP contribution in [0.25, 0.3) is 0 Å². The topological polar surface area (TPSA) is 63.8 Å². The van der Waals surface area contributed by atoms with E-state index in [1.807, 2.05) is 18.8 Å². The van der Waals surface area contributed by atoms with Gasteiger partial charge < -0.3 is 11.1 Å². The summed E-state index contributed by atoms with van der Waals surface area (Å²) < 4.78 is 0. The molecular formula is C10H16N4S. The molecule has 0 spiro atoms. The van der Waals surface area contributed by atoms with Crippen LogP contribution in [0.1, 0.15) is 24.0 Å². The molecule has 3 N–H and O–H groups in total. The van der Waals surface area contributed by atoms with Crippen LogP contribution in [-0.2, 0) is 17.9 Å². The summed E-state index contributed by atoms with van der Waals surface area (Å²) in [6.07, 6.45) is 0.832. The lowest BCUT2D eigenvalue weighted by Crippen LogP contribution is -2.25. The predicted molar refractivity (Wildman–Crippen MR) is 63.7 cm³/mol. The summed E-state index contributed by atoms with van der Waals surface area (Å²) in [5, 5.41) is 3.17. The van der Waals surface area contributed by atoms with Gasteiger partial charge in [0.05, 0.1) is 5.69 Å². The molecule has 5 heteroatoms. The monoisotopic (exact) mass is 224 g/mol. The SMILES string of the molecule is CNC(C)Cc1nc(N)c2c(n1)CSC2. The van der Waals surface area contributed by atoms with E-state index in [4.69, 9.17) is 5.73 Å². The van der Waals surface area contributed by atoms with Crippen LogP contribution >= 0.6 is 11.8 Å². The Labute approximate surface area is 94.1 Å². The average molecular weight is 224 g/mol. The van der Waals surface area contributed by atoms with Gasteiger partial charge in [0.25, 0.3) is 0 Å². The molecule has 15 heavy (non-hydrogen) atoms. The zero-order valence-electron chi connectivity index (χ0n) is 9.08. The summed E-state index contributed by atoms with van der Waals surface area (Å²) in [7, 11) is 1.94. The Morgan fingerprint density at radius 2 is 2.27 bits per heavy atom. The molecule has 1 aromatic rings. The number of hydrogen-bond acceptors (Lipinski definition) is 5. The number of likely N-dealkylation sites (N-methyl/N-ethyl adjacent to an activating group) is 1. The highest BCUT2D eigenvalue weighted by Crippen LogP contribution is 2.31. The Bertz CT molecular complexity index is 367. The lowest BCUT2D eigenvalue weighted by molar-refractivity contribution is 0.590. The molecule has 0 aromatic carbocycles. The number of rotatable bonds is 3. The van der Waals surface area contributed by atoms with E-state index < -0.39 is 0 Å². The number of nitrogens with zero attached hydrogens (tertiary/aromatic N) is 2. The highest BCUT2D eigenvalue weighted by atomic mass is 32.2. The lowest BCUT2D eigenvalue weighted by Gasteiger charge is -2.10. The maximum atomic E-state index is 5.91. The summed E-state index contributed by atoms with van der Waals surface area (Å²) in [4.78, 5) is 8.90. The molecule has 1 aliphatic rings. The van der Waals surface area contributed by atoms with Gasteiger partial charge >= 0.3 is 0 Å². The molecule has 2 rings (SSSR count). The number of fused-ring (bicyclic) bond motifs is 1.